The van der Waals surface area contributed by atoms with Gasteiger partial charge >= 0.3 is 6.09 Å². The SMILES string of the molecule is O=C1CCc2cc(NC(=O)OCc3ccccc3)ccc2C1. The molecule has 1 N–H and O–H groups in total. The second kappa shape index (κ2) is 6.43. The summed E-state index contributed by atoms with van der Waals surface area (Å²) < 4.78 is 5.19. The number of nitrogens with one attached hydrogen (secondary N) is 1. The van der Waals surface area contributed by atoms with Crippen LogP contribution in [-0.2, 0) is 29.0 Å². The Morgan fingerprint density at radius 2 is 1.86 bits per heavy atom. The average molecular weight is 295 g/mol. The van der Waals surface area contributed by atoms with Crippen molar-refractivity contribution in [2.75, 3.05) is 5.32 Å². The predicted molar refractivity (Wildman–Crippen MR) is 83.7 cm³/mol. The molecule has 0 saturated carbocycles. The number of fused-ring (bicyclic) bond motifs is 1. The first-order valence-electron chi connectivity index (χ1n) is 7.32. The first kappa shape index (κ1) is 14.3. The molecular weight excluding hydrogens is 278 g/mol. The summed E-state index contributed by atoms with van der Waals surface area (Å²) in [6.07, 6.45) is 1.34. The number of hydrogen-bond acceptors (Lipinski definition) is 3. The summed E-state index contributed by atoms with van der Waals surface area (Å²) in [6, 6.07) is 15.2. The van der Waals surface area contributed by atoms with Crippen LogP contribution in [0.25, 0.3) is 0 Å². The Labute approximate surface area is 129 Å². The third kappa shape index (κ3) is 3.52. The molecular formula is C18H17NO3. The zero-order valence-electron chi connectivity index (χ0n) is 12.2. The molecule has 4 nitrogen and oxygen atoms in total. The van der Waals surface area contributed by atoms with Gasteiger partial charge in [-0.1, -0.05) is 36.4 Å². The van der Waals surface area contributed by atoms with Crippen LogP contribution < -0.4 is 5.32 Å². The molecule has 1 aliphatic rings. The molecule has 1 amide bonds. The predicted octanol–water partition coefficient (Wildman–Crippen LogP) is 3.49. The minimum Gasteiger partial charge on any atom is -0.444 e. The summed E-state index contributed by atoms with van der Waals surface area (Å²) in [5, 5.41) is 2.73. The van der Waals surface area contributed by atoms with Crippen molar-refractivity contribution < 1.29 is 14.3 Å². The van der Waals surface area contributed by atoms with Crippen molar-refractivity contribution in [3.63, 3.8) is 0 Å². The molecule has 2 aromatic carbocycles. The molecule has 1 aliphatic carbocycles. The number of hydrogen-bond donors (Lipinski definition) is 1. The highest BCUT2D eigenvalue weighted by Crippen LogP contribution is 2.23. The second-order valence-electron chi connectivity index (χ2n) is 5.39. The Hall–Kier alpha value is -2.62. The molecule has 0 bridgehead atoms. The number of amides is 1. The minimum absolute atomic E-state index is 0.242. The topological polar surface area (TPSA) is 55.4 Å². The number of carbonyl (C=O) groups excluding carboxylic acids is 2. The molecule has 0 unspecified atom stereocenters. The lowest BCUT2D eigenvalue weighted by Gasteiger charge is -2.16. The molecule has 2 aromatic rings. The van der Waals surface area contributed by atoms with Crippen LogP contribution in [0.2, 0.25) is 0 Å². The van der Waals surface area contributed by atoms with E-state index in [1.54, 1.807) is 6.07 Å². The zero-order valence-corrected chi connectivity index (χ0v) is 12.2. The lowest BCUT2D eigenvalue weighted by atomic mass is 9.90. The van der Waals surface area contributed by atoms with Crippen molar-refractivity contribution >= 4 is 17.6 Å². The number of carbonyl (C=O) groups is 2. The monoisotopic (exact) mass is 295 g/mol. The van der Waals surface area contributed by atoms with E-state index in [1.807, 2.05) is 42.5 Å². The Morgan fingerprint density at radius 1 is 1.05 bits per heavy atom. The molecule has 0 atom stereocenters. The van der Waals surface area contributed by atoms with Gasteiger partial charge in [0, 0.05) is 18.5 Å². The normalized spacial score (nSPS) is 13.4. The quantitative estimate of drug-likeness (QED) is 0.943. The Bertz CT molecular complexity index is 695. The number of aryl methyl sites for hydroxylation is 1. The standard InChI is InChI=1S/C18H17NO3/c20-17-9-7-14-10-16(8-6-15(14)11-17)19-18(21)22-12-13-4-2-1-3-5-13/h1-6,8,10H,7,9,11-12H2,(H,19,21). The summed E-state index contributed by atoms with van der Waals surface area (Å²) in [7, 11) is 0. The molecule has 0 spiro atoms. The second-order valence-corrected chi connectivity index (χ2v) is 5.39. The van der Waals surface area contributed by atoms with E-state index in [0.717, 1.165) is 23.1 Å². The lowest BCUT2D eigenvalue weighted by molar-refractivity contribution is -0.118. The fourth-order valence-corrected chi connectivity index (χ4v) is 2.56. The van der Waals surface area contributed by atoms with Gasteiger partial charge in [0.15, 0.2) is 0 Å². The van der Waals surface area contributed by atoms with Crippen LogP contribution in [0.3, 0.4) is 0 Å². The average Bonchev–Trinajstić information content (AvgIpc) is 2.54. The van der Waals surface area contributed by atoms with Crippen molar-refractivity contribution in [2.45, 2.75) is 25.9 Å². The molecule has 0 radical (unpaired) electrons. The van der Waals surface area contributed by atoms with Gasteiger partial charge < -0.3 is 4.74 Å². The third-order valence-corrected chi connectivity index (χ3v) is 3.73. The van der Waals surface area contributed by atoms with E-state index in [9.17, 15) is 9.59 Å². The van der Waals surface area contributed by atoms with Crippen LogP contribution in [0.15, 0.2) is 48.5 Å². The Kier molecular flexibility index (Phi) is 4.19. The van der Waals surface area contributed by atoms with Crippen LogP contribution in [0, 0.1) is 0 Å². The van der Waals surface area contributed by atoms with Gasteiger partial charge in [-0.15, -0.1) is 0 Å². The summed E-state index contributed by atoms with van der Waals surface area (Å²) in [4.78, 5) is 23.2. The van der Waals surface area contributed by atoms with Crippen molar-refractivity contribution in [2.24, 2.45) is 0 Å². The maximum atomic E-state index is 11.8. The van der Waals surface area contributed by atoms with Crippen LogP contribution in [0.1, 0.15) is 23.1 Å². The van der Waals surface area contributed by atoms with Gasteiger partial charge in [-0.05, 0) is 35.2 Å². The maximum absolute atomic E-state index is 11.8. The largest absolute Gasteiger partial charge is 0.444 e. The first-order valence-corrected chi connectivity index (χ1v) is 7.32. The van der Waals surface area contributed by atoms with Gasteiger partial charge in [-0.2, -0.15) is 0 Å². The summed E-state index contributed by atoms with van der Waals surface area (Å²) in [6.45, 7) is 0.242. The van der Waals surface area contributed by atoms with Crippen LogP contribution in [0.5, 0.6) is 0 Å². The van der Waals surface area contributed by atoms with Crippen molar-refractivity contribution in [1.29, 1.82) is 0 Å². The molecule has 3 rings (SSSR count). The molecule has 4 heteroatoms. The Balaban J connectivity index is 1.59. The summed E-state index contributed by atoms with van der Waals surface area (Å²) in [5.41, 5.74) is 3.83. The summed E-state index contributed by atoms with van der Waals surface area (Å²) in [5.74, 6) is 0.274. The lowest BCUT2D eigenvalue weighted by Crippen LogP contribution is -2.16. The number of Topliss-reactive ketones (excluding diaryl/α,β-unsaturated/α-hetero) is 1. The molecule has 112 valence electrons. The van der Waals surface area contributed by atoms with Gasteiger partial charge in [-0.3, -0.25) is 10.1 Å². The number of ether oxygens (including phenoxy) is 1. The Morgan fingerprint density at radius 3 is 2.68 bits per heavy atom. The van der Waals surface area contributed by atoms with Crippen molar-refractivity contribution in [3.05, 3.63) is 65.2 Å². The van der Waals surface area contributed by atoms with E-state index in [1.165, 1.54) is 0 Å². The third-order valence-electron chi connectivity index (χ3n) is 3.73. The molecule has 0 saturated heterocycles. The highest BCUT2D eigenvalue weighted by atomic mass is 16.5. The first-order chi connectivity index (χ1) is 10.7. The minimum atomic E-state index is -0.476. The molecule has 0 heterocycles. The number of rotatable bonds is 3. The smallest absolute Gasteiger partial charge is 0.411 e. The zero-order chi connectivity index (χ0) is 15.4. The molecule has 0 aromatic heterocycles. The fourth-order valence-electron chi connectivity index (χ4n) is 2.56. The number of anilines is 1. The van der Waals surface area contributed by atoms with E-state index >= 15 is 0 Å². The van der Waals surface area contributed by atoms with E-state index in [0.29, 0.717) is 18.5 Å². The maximum Gasteiger partial charge on any atom is 0.411 e. The molecule has 22 heavy (non-hydrogen) atoms. The number of benzene rings is 2. The van der Waals surface area contributed by atoms with Crippen molar-refractivity contribution in [3.8, 4) is 0 Å². The van der Waals surface area contributed by atoms with Gasteiger partial charge in [0.2, 0.25) is 0 Å². The highest BCUT2D eigenvalue weighted by molar-refractivity contribution is 5.86. The summed E-state index contributed by atoms with van der Waals surface area (Å²) >= 11 is 0. The van der Waals surface area contributed by atoms with Crippen LogP contribution in [-0.4, -0.2) is 11.9 Å². The molecule has 0 fully saturated rings. The molecule has 0 aliphatic heterocycles. The van der Waals surface area contributed by atoms with E-state index in [4.69, 9.17) is 4.74 Å². The van der Waals surface area contributed by atoms with Crippen molar-refractivity contribution in [1.82, 2.24) is 0 Å². The van der Waals surface area contributed by atoms with Crippen LogP contribution in [0.4, 0.5) is 10.5 Å². The van der Waals surface area contributed by atoms with E-state index in [-0.39, 0.29) is 12.4 Å². The van der Waals surface area contributed by atoms with Gasteiger partial charge in [0.05, 0.1) is 0 Å². The van der Waals surface area contributed by atoms with E-state index in [2.05, 4.69) is 5.32 Å². The van der Waals surface area contributed by atoms with Gasteiger partial charge in [-0.25, -0.2) is 4.79 Å². The highest BCUT2D eigenvalue weighted by Gasteiger charge is 2.16. The number of ketones is 1. The van der Waals surface area contributed by atoms with E-state index < -0.39 is 6.09 Å². The van der Waals surface area contributed by atoms with Gasteiger partial charge in [0.1, 0.15) is 12.4 Å². The van der Waals surface area contributed by atoms with Gasteiger partial charge in [0.25, 0.3) is 0 Å². The fraction of sp³-hybridized carbons (Fsp3) is 0.222. The van der Waals surface area contributed by atoms with Crippen LogP contribution >= 0.6 is 0 Å².